The molecule has 0 aromatic heterocycles. The normalized spacial score (nSPS) is 15.2. The molecule has 1 fully saturated rings. The summed E-state index contributed by atoms with van der Waals surface area (Å²) in [4.78, 5) is 12.8. The Morgan fingerprint density at radius 1 is 1.04 bits per heavy atom. The highest BCUT2D eigenvalue weighted by molar-refractivity contribution is 5.79. The average Bonchev–Trinajstić information content (AvgIpc) is 2.64. The summed E-state index contributed by atoms with van der Waals surface area (Å²) in [5.41, 5.74) is 1.95. The molecule has 1 atom stereocenters. The number of benzene rings is 2. The van der Waals surface area contributed by atoms with Crippen LogP contribution in [0.25, 0.3) is 0 Å². The van der Waals surface area contributed by atoms with Crippen LogP contribution in [0.5, 0.6) is 11.5 Å². The Kier molecular flexibility index (Phi) is 5.78. The van der Waals surface area contributed by atoms with Gasteiger partial charge < -0.3 is 20.1 Å². The van der Waals surface area contributed by atoms with Gasteiger partial charge in [-0.15, -0.1) is 0 Å². The molecule has 2 N–H and O–H groups in total. The third-order valence-corrected chi connectivity index (χ3v) is 5.07. The third kappa shape index (κ3) is 3.99. The quantitative estimate of drug-likeness (QED) is 0.803. The zero-order valence-electron chi connectivity index (χ0n) is 15.5. The van der Waals surface area contributed by atoms with Crippen molar-refractivity contribution in [2.24, 2.45) is 11.8 Å². The molecule has 3 rings (SSSR count). The first-order valence-corrected chi connectivity index (χ1v) is 8.91. The summed E-state index contributed by atoms with van der Waals surface area (Å²) in [5.74, 6) is 1.95. The Balaban J connectivity index is 1.90. The minimum atomic E-state index is -0.261. The molecule has 26 heavy (non-hydrogen) atoms. The fourth-order valence-electron chi connectivity index (χ4n) is 3.15. The summed E-state index contributed by atoms with van der Waals surface area (Å²) < 4.78 is 10.7. The van der Waals surface area contributed by atoms with E-state index in [1.807, 2.05) is 55.5 Å². The number of carbonyl (C=O) groups excluding carboxylic acids is 1. The molecular weight excluding hydrogens is 328 g/mol. The number of hydrogen-bond donors (Lipinski definition) is 2. The zero-order valence-corrected chi connectivity index (χ0v) is 15.5. The van der Waals surface area contributed by atoms with Crippen LogP contribution in [-0.2, 0) is 4.79 Å². The molecule has 2 aromatic carbocycles. The van der Waals surface area contributed by atoms with Gasteiger partial charge in [-0.05, 0) is 54.4 Å². The van der Waals surface area contributed by atoms with Gasteiger partial charge in [-0.2, -0.15) is 0 Å². The lowest BCUT2D eigenvalue weighted by Gasteiger charge is -2.33. The molecule has 1 aliphatic heterocycles. The standard InChI is InChI=1S/C21H26N2O3/c1-14(17-12-22-13-17)21(24)23-20(15-6-4-8-18(10-15)25-2)16-7-5-9-19(11-16)26-3/h4-11,14,17,20,22H,12-13H2,1-3H3,(H,23,24). The van der Waals surface area contributed by atoms with Crippen molar-refractivity contribution in [3.8, 4) is 11.5 Å². The second-order valence-electron chi connectivity index (χ2n) is 6.70. The molecule has 138 valence electrons. The van der Waals surface area contributed by atoms with Gasteiger partial charge in [0.25, 0.3) is 0 Å². The van der Waals surface area contributed by atoms with E-state index in [2.05, 4.69) is 10.6 Å². The largest absolute Gasteiger partial charge is 0.497 e. The molecule has 0 saturated carbocycles. The van der Waals surface area contributed by atoms with Gasteiger partial charge >= 0.3 is 0 Å². The molecule has 0 aliphatic carbocycles. The lowest BCUT2D eigenvalue weighted by Crippen LogP contribution is -2.50. The Morgan fingerprint density at radius 2 is 1.58 bits per heavy atom. The fraction of sp³-hybridized carbons (Fsp3) is 0.381. The molecule has 1 unspecified atom stereocenters. The molecule has 1 aliphatic rings. The molecule has 5 heteroatoms. The fourth-order valence-corrected chi connectivity index (χ4v) is 3.15. The smallest absolute Gasteiger partial charge is 0.223 e. The van der Waals surface area contributed by atoms with Crippen LogP contribution in [-0.4, -0.2) is 33.2 Å². The zero-order chi connectivity index (χ0) is 18.5. The van der Waals surface area contributed by atoms with Crippen LogP contribution in [0.3, 0.4) is 0 Å². The molecule has 1 saturated heterocycles. The summed E-state index contributed by atoms with van der Waals surface area (Å²) in [6, 6.07) is 15.3. The predicted molar refractivity (Wildman–Crippen MR) is 101 cm³/mol. The maximum absolute atomic E-state index is 12.8. The topological polar surface area (TPSA) is 59.6 Å². The number of methoxy groups -OCH3 is 2. The van der Waals surface area contributed by atoms with Crippen molar-refractivity contribution in [3.05, 3.63) is 59.7 Å². The first-order chi connectivity index (χ1) is 12.6. The molecule has 5 nitrogen and oxygen atoms in total. The summed E-state index contributed by atoms with van der Waals surface area (Å²) >= 11 is 0. The van der Waals surface area contributed by atoms with Gasteiger partial charge in [0.2, 0.25) is 5.91 Å². The molecule has 1 amide bonds. The van der Waals surface area contributed by atoms with Gasteiger partial charge in [0.1, 0.15) is 11.5 Å². The van der Waals surface area contributed by atoms with E-state index in [9.17, 15) is 4.79 Å². The van der Waals surface area contributed by atoms with Crippen molar-refractivity contribution < 1.29 is 14.3 Å². The van der Waals surface area contributed by atoms with Gasteiger partial charge in [-0.25, -0.2) is 0 Å². The van der Waals surface area contributed by atoms with Crippen LogP contribution in [0.4, 0.5) is 0 Å². The van der Waals surface area contributed by atoms with Crippen molar-refractivity contribution in [3.63, 3.8) is 0 Å². The number of carbonyl (C=O) groups is 1. The van der Waals surface area contributed by atoms with E-state index >= 15 is 0 Å². The average molecular weight is 354 g/mol. The summed E-state index contributed by atoms with van der Waals surface area (Å²) in [5, 5.41) is 6.45. The van der Waals surface area contributed by atoms with Crippen LogP contribution in [0.2, 0.25) is 0 Å². The number of nitrogens with one attached hydrogen (secondary N) is 2. The van der Waals surface area contributed by atoms with E-state index in [-0.39, 0.29) is 17.9 Å². The minimum absolute atomic E-state index is 0.0324. The van der Waals surface area contributed by atoms with Gasteiger partial charge in [0.05, 0.1) is 20.3 Å². The van der Waals surface area contributed by atoms with Crippen LogP contribution in [0.15, 0.2) is 48.5 Å². The first kappa shape index (κ1) is 18.3. The SMILES string of the molecule is COc1cccc(C(NC(=O)C(C)C2CNC2)c2cccc(OC)c2)c1. The first-order valence-electron chi connectivity index (χ1n) is 8.91. The Morgan fingerprint density at radius 3 is 2.00 bits per heavy atom. The Hall–Kier alpha value is -2.53. The molecule has 0 spiro atoms. The van der Waals surface area contributed by atoms with Gasteiger partial charge in [0, 0.05) is 5.92 Å². The van der Waals surface area contributed by atoms with Crippen molar-refractivity contribution >= 4 is 5.91 Å². The van der Waals surface area contributed by atoms with E-state index < -0.39 is 0 Å². The maximum atomic E-state index is 12.8. The second kappa shape index (κ2) is 8.23. The van der Waals surface area contributed by atoms with Gasteiger partial charge in [-0.3, -0.25) is 4.79 Å². The highest BCUT2D eigenvalue weighted by Gasteiger charge is 2.30. The van der Waals surface area contributed by atoms with Crippen LogP contribution < -0.4 is 20.1 Å². The van der Waals surface area contributed by atoms with E-state index in [1.165, 1.54) is 0 Å². The monoisotopic (exact) mass is 354 g/mol. The molecular formula is C21H26N2O3. The minimum Gasteiger partial charge on any atom is -0.497 e. The number of rotatable bonds is 7. The molecule has 1 heterocycles. The van der Waals surface area contributed by atoms with Crippen molar-refractivity contribution in [1.29, 1.82) is 0 Å². The van der Waals surface area contributed by atoms with E-state index in [1.54, 1.807) is 14.2 Å². The highest BCUT2D eigenvalue weighted by atomic mass is 16.5. The van der Waals surface area contributed by atoms with E-state index in [0.29, 0.717) is 5.92 Å². The summed E-state index contributed by atoms with van der Waals surface area (Å²) in [6.45, 7) is 3.80. The molecule has 0 bridgehead atoms. The highest BCUT2D eigenvalue weighted by Crippen LogP contribution is 2.28. The summed E-state index contributed by atoms with van der Waals surface area (Å²) in [6.07, 6.45) is 0. The van der Waals surface area contributed by atoms with Gasteiger partial charge in [0.15, 0.2) is 0 Å². The van der Waals surface area contributed by atoms with Gasteiger partial charge in [-0.1, -0.05) is 31.2 Å². The lowest BCUT2D eigenvalue weighted by molar-refractivity contribution is -0.127. The summed E-state index contributed by atoms with van der Waals surface area (Å²) in [7, 11) is 3.29. The Bertz CT molecular complexity index is 711. The predicted octanol–water partition coefficient (Wildman–Crippen LogP) is 2.76. The number of hydrogen-bond acceptors (Lipinski definition) is 4. The third-order valence-electron chi connectivity index (χ3n) is 5.07. The second-order valence-corrected chi connectivity index (χ2v) is 6.70. The number of ether oxygens (including phenoxy) is 2. The van der Waals surface area contributed by atoms with Crippen molar-refractivity contribution in [1.82, 2.24) is 10.6 Å². The number of amides is 1. The molecule has 2 aromatic rings. The lowest BCUT2D eigenvalue weighted by atomic mass is 9.87. The molecule has 0 radical (unpaired) electrons. The van der Waals surface area contributed by atoms with E-state index in [4.69, 9.17) is 9.47 Å². The van der Waals surface area contributed by atoms with Crippen molar-refractivity contribution in [2.45, 2.75) is 13.0 Å². The Labute approximate surface area is 154 Å². The van der Waals surface area contributed by atoms with E-state index in [0.717, 1.165) is 35.7 Å². The van der Waals surface area contributed by atoms with Crippen LogP contribution in [0.1, 0.15) is 24.1 Å². The van der Waals surface area contributed by atoms with Crippen molar-refractivity contribution in [2.75, 3.05) is 27.3 Å². The van der Waals surface area contributed by atoms with Crippen LogP contribution in [0, 0.1) is 11.8 Å². The van der Waals surface area contributed by atoms with Crippen LogP contribution >= 0.6 is 0 Å². The maximum Gasteiger partial charge on any atom is 0.223 e.